The van der Waals surface area contributed by atoms with Crippen LogP contribution in [0.3, 0.4) is 0 Å². The van der Waals surface area contributed by atoms with Crippen LogP contribution >= 0.6 is 0 Å². The summed E-state index contributed by atoms with van der Waals surface area (Å²) in [6, 6.07) is -0.639. The lowest BCUT2D eigenvalue weighted by Gasteiger charge is -2.20. The lowest BCUT2D eigenvalue weighted by Crippen LogP contribution is -2.45. The van der Waals surface area contributed by atoms with Gasteiger partial charge in [0.05, 0.1) is 25.4 Å². The van der Waals surface area contributed by atoms with Gasteiger partial charge in [-0.3, -0.25) is 9.59 Å². The predicted molar refractivity (Wildman–Crippen MR) is 287 cm³/mol. The number of unbranched alkanes of at least 4 members (excludes halogenated alkanes) is 45. The number of esters is 1. The van der Waals surface area contributed by atoms with Gasteiger partial charge in [-0.25, -0.2) is 0 Å². The van der Waals surface area contributed by atoms with E-state index in [2.05, 4.69) is 19.2 Å². The Morgan fingerprint density at radius 1 is 0.409 bits per heavy atom. The molecule has 0 aromatic carbocycles. The normalized spacial score (nSPS) is 12.6. The molecule has 0 fully saturated rings. The summed E-state index contributed by atoms with van der Waals surface area (Å²) in [7, 11) is 0. The number of allylic oxidation sites excluding steroid dienone is 1. The fourth-order valence-electron chi connectivity index (χ4n) is 9.46. The van der Waals surface area contributed by atoms with Crippen LogP contribution in [0.1, 0.15) is 335 Å². The largest absolute Gasteiger partial charge is 0.466 e. The molecular formula is C60H117NO5. The Morgan fingerprint density at radius 3 is 1.03 bits per heavy atom. The molecule has 66 heavy (non-hydrogen) atoms. The van der Waals surface area contributed by atoms with Crippen LogP contribution in [-0.4, -0.2) is 47.4 Å². The highest BCUT2D eigenvalue weighted by Gasteiger charge is 2.18. The summed E-state index contributed by atoms with van der Waals surface area (Å²) >= 11 is 0. The average molecular weight is 933 g/mol. The third-order valence-electron chi connectivity index (χ3n) is 14.1. The lowest BCUT2D eigenvalue weighted by atomic mass is 10.0. The maximum absolute atomic E-state index is 12.5. The first kappa shape index (κ1) is 64.6. The molecule has 0 aliphatic carbocycles. The van der Waals surface area contributed by atoms with Crippen molar-refractivity contribution < 1.29 is 24.5 Å². The van der Waals surface area contributed by atoms with Crippen LogP contribution < -0.4 is 5.32 Å². The van der Waals surface area contributed by atoms with E-state index in [1.165, 1.54) is 250 Å². The van der Waals surface area contributed by atoms with E-state index in [0.29, 0.717) is 19.4 Å². The van der Waals surface area contributed by atoms with E-state index in [1.807, 2.05) is 6.08 Å². The molecule has 3 N–H and O–H groups in total. The van der Waals surface area contributed by atoms with Gasteiger partial charge in [-0.1, -0.05) is 302 Å². The summed E-state index contributed by atoms with van der Waals surface area (Å²) in [4.78, 5) is 24.6. The van der Waals surface area contributed by atoms with Crippen molar-refractivity contribution in [1.82, 2.24) is 5.32 Å². The topological polar surface area (TPSA) is 95.9 Å². The maximum Gasteiger partial charge on any atom is 0.305 e. The molecule has 0 heterocycles. The van der Waals surface area contributed by atoms with Crippen LogP contribution in [0.4, 0.5) is 0 Å². The van der Waals surface area contributed by atoms with Gasteiger partial charge in [0.2, 0.25) is 5.91 Å². The van der Waals surface area contributed by atoms with Crippen LogP contribution in [0.2, 0.25) is 0 Å². The Balaban J connectivity index is 3.46. The van der Waals surface area contributed by atoms with Crippen molar-refractivity contribution in [1.29, 1.82) is 0 Å². The van der Waals surface area contributed by atoms with Gasteiger partial charge in [0.25, 0.3) is 0 Å². The third-order valence-corrected chi connectivity index (χ3v) is 14.1. The Hall–Kier alpha value is -1.40. The zero-order valence-electron chi connectivity index (χ0n) is 44.7. The molecular weight excluding hydrogens is 815 g/mol. The number of amides is 1. The number of hydrogen-bond donors (Lipinski definition) is 3. The number of hydrogen-bond acceptors (Lipinski definition) is 5. The number of nitrogens with one attached hydrogen (secondary N) is 1. The molecule has 1 amide bonds. The zero-order chi connectivity index (χ0) is 47.9. The molecule has 2 unspecified atom stereocenters. The van der Waals surface area contributed by atoms with Crippen molar-refractivity contribution in [2.75, 3.05) is 13.2 Å². The summed E-state index contributed by atoms with van der Waals surface area (Å²) in [5.41, 5.74) is 0. The highest BCUT2D eigenvalue weighted by Crippen LogP contribution is 2.18. The van der Waals surface area contributed by atoms with E-state index >= 15 is 0 Å². The van der Waals surface area contributed by atoms with E-state index in [0.717, 1.165) is 57.8 Å². The van der Waals surface area contributed by atoms with Crippen molar-refractivity contribution >= 4 is 11.9 Å². The molecule has 0 radical (unpaired) electrons. The first-order valence-electron chi connectivity index (χ1n) is 30.0. The van der Waals surface area contributed by atoms with Crippen molar-refractivity contribution in [3.05, 3.63) is 12.2 Å². The number of ether oxygens (including phenoxy) is 1. The second-order valence-electron chi connectivity index (χ2n) is 20.7. The maximum atomic E-state index is 12.5. The van der Waals surface area contributed by atoms with Gasteiger partial charge in [-0.05, 0) is 32.1 Å². The van der Waals surface area contributed by atoms with Crippen LogP contribution in [0.15, 0.2) is 12.2 Å². The third kappa shape index (κ3) is 52.0. The van der Waals surface area contributed by atoms with Crippen molar-refractivity contribution in [2.24, 2.45) is 0 Å². The minimum Gasteiger partial charge on any atom is -0.466 e. The Kier molecular flexibility index (Phi) is 55.0. The number of aliphatic hydroxyl groups is 2. The van der Waals surface area contributed by atoms with E-state index in [4.69, 9.17) is 4.74 Å². The van der Waals surface area contributed by atoms with Crippen molar-refractivity contribution in [2.45, 2.75) is 347 Å². The standard InChI is InChI=1S/C60H117NO5/c1-3-5-7-9-11-13-15-17-19-21-22-23-25-26-28-32-36-40-44-48-52-58(63)57(56-62)61-59(64)53-49-45-41-37-33-30-31-35-39-43-47-51-55-66-60(65)54-50-46-42-38-34-29-27-24-20-18-16-14-12-10-8-6-4-2/h48,52,57-58,62-63H,3-47,49-51,53-56H2,1-2H3,(H,61,64)/b52-48+. The van der Waals surface area contributed by atoms with Gasteiger partial charge in [-0.2, -0.15) is 0 Å². The summed E-state index contributed by atoms with van der Waals surface area (Å²) in [6.45, 7) is 4.90. The predicted octanol–water partition coefficient (Wildman–Crippen LogP) is 18.5. The molecule has 0 aromatic heterocycles. The van der Waals surface area contributed by atoms with Crippen molar-refractivity contribution in [3.8, 4) is 0 Å². The smallest absolute Gasteiger partial charge is 0.305 e. The van der Waals surface area contributed by atoms with Gasteiger partial charge in [0.15, 0.2) is 0 Å². The highest BCUT2D eigenvalue weighted by atomic mass is 16.5. The van der Waals surface area contributed by atoms with Gasteiger partial charge in [0.1, 0.15) is 0 Å². The minimum atomic E-state index is -0.854. The molecule has 0 aliphatic rings. The first-order valence-corrected chi connectivity index (χ1v) is 30.0. The molecule has 0 aromatic rings. The van der Waals surface area contributed by atoms with E-state index in [9.17, 15) is 19.8 Å². The number of carbonyl (C=O) groups excluding carboxylic acids is 2. The van der Waals surface area contributed by atoms with E-state index < -0.39 is 12.1 Å². The van der Waals surface area contributed by atoms with Crippen LogP contribution in [-0.2, 0) is 14.3 Å². The van der Waals surface area contributed by atoms with Gasteiger partial charge in [-0.15, -0.1) is 0 Å². The fraction of sp³-hybridized carbons (Fsp3) is 0.933. The second kappa shape index (κ2) is 56.2. The summed E-state index contributed by atoms with van der Waals surface area (Å²) < 4.78 is 5.48. The van der Waals surface area contributed by atoms with Crippen molar-refractivity contribution in [3.63, 3.8) is 0 Å². The minimum absolute atomic E-state index is 0.00592. The molecule has 0 spiro atoms. The molecule has 0 bridgehead atoms. The Morgan fingerprint density at radius 2 is 0.697 bits per heavy atom. The summed E-state index contributed by atoms with van der Waals surface area (Å²) in [5.74, 6) is -0.0856. The molecule has 392 valence electrons. The molecule has 0 aliphatic heterocycles. The molecule has 0 saturated heterocycles. The lowest BCUT2D eigenvalue weighted by molar-refractivity contribution is -0.143. The van der Waals surface area contributed by atoms with E-state index in [-0.39, 0.29) is 18.5 Å². The highest BCUT2D eigenvalue weighted by molar-refractivity contribution is 5.76. The number of aliphatic hydroxyl groups excluding tert-OH is 2. The van der Waals surface area contributed by atoms with Crippen LogP contribution in [0, 0.1) is 0 Å². The summed E-state index contributed by atoms with van der Waals surface area (Å²) in [5, 5.41) is 23.2. The van der Waals surface area contributed by atoms with Crippen LogP contribution in [0.5, 0.6) is 0 Å². The quantitative estimate of drug-likeness (QED) is 0.0321. The summed E-state index contributed by atoms with van der Waals surface area (Å²) in [6.07, 6.45) is 66.6. The fourth-order valence-corrected chi connectivity index (χ4v) is 9.46. The second-order valence-corrected chi connectivity index (χ2v) is 20.7. The Bertz CT molecular complexity index is 986. The van der Waals surface area contributed by atoms with Gasteiger partial charge in [0, 0.05) is 12.8 Å². The average Bonchev–Trinajstić information content (AvgIpc) is 3.32. The zero-order valence-corrected chi connectivity index (χ0v) is 44.7. The SMILES string of the molecule is CCCCCCCCCCCCCCCCCCCC/C=C/C(O)C(CO)NC(=O)CCCCCCCCCCCCCCOC(=O)CCCCCCCCCCCCCCCCCCC. The Labute approximate surface area is 412 Å². The van der Waals surface area contributed by atoms with Gasteiger partial charge >= 0.3 is 5.97 Å². The molecule has 2 atom stereocenters. The number of rotatable bonds is 56. The molecule has 0 saturated carbocycles. The van der Waals surface area contributed by atoms with Crippen LogP contribution in [0.25, 0.3) is 0 Å². The van der Waals surface area contributed by atoms with E-state index in [1.54, 1.807) is 6.08 Å². The van der Waals surface area contributed by atoms with Gasteiger partial charge < -0.3 is 20.3 Å². The molecule has 6 nitrogen and oxygen atoms in total. The first-order chi connectivity index (χ1) is 32.5. The number of carbonyl (C=O) groups is 2. The molecule has 6 heteroatoms. The monoisotopic (exact) mass is 932 g/mol. The molecule has 0 rings (SSSR count).